The van der Waals surface area contributed by atoms with Gasteiger partial charge in [-0.05, 0) is 18.9 Å². The smallest absolute Gasteiger partial charge is 0.220 e. The summed E-state index contributed by atoms with van der Waals surface area (Å²) < 4.78 is 28.5. The third-order valence-corrected chi connectivity index (χ3v) is 6.38. The van der Waals surface area contributed by atoms with E-state index in [1.807, 2.05) is 4.68 Å². The van der Waals surface area contributed by atoms with Gasteiger partial charge in [0.1, 0.15) is 5.75 Å². The number of rotatable bonds is 4. The van der Waals surface area contributed by atoms with Crippen LogP contribution in [0.15, 0.2) is 17.0 Å². The van der Waals surface area contributed by atoms with E-state index in [9.17, 15) is 8.42 Å². The van der Waals surface area contributed by atoms with Crippen molar-refractivity contribution in [3.05, 3.63) is 34.0 Å². The Morgan fingerprint density at radius 3 is 2.90 bits per heavy atom. The number of thiazole rings is 1. The third kappa shape index (κ3) is 2.63. The van der Waals surface area contributed by atoms with Crippen LogP contribution in [-0.4, -0.2) is 34.0 Å². The molecule has 21 heavy (non-hydrogen) atoms. The topological polar surface area (TPSA) is 68.1 Å². The Bertz CT molecular complexity index is 747. The van der Waals surface area contributed by atoms with E-state index in [4.69, 9.17) is 0 Å². The summed E-state index contributed by atoms with van der Waals surface area (Å²) in [6, 6.07) is 2.07. The zero-order chi connectivity index (χ0) is 14.4. The summed E-state index contributed by atoms with van der Waals surface area (Å²) >= 11 is 1.42. The highest BCUT2D eigenvalue weighted by molar-refractivity contribution is 7.88. The predicted octanol–water partition coefficient (Wildman–Crippen LogP) is 1.56. The molecule has 0 N–H and O–H groups in total. The van der Waals surface area contributed by atoms with E-state index in [1.54, 1.807) is 15.2 Å². The number of sulfonamides is 1. The van der Waals surface area contributed by atoms with Crippen LogP contribution in [0.2, 0.25) is 0 Å². The number of nitrogens with zero attached hydrogens (tertiary/aromatic N) is 4. The van der Waals surface area contributed by atoms with Crippen molar-refractivity contribution >= 4 is 21.4 Å². The maximum absolute atomic E-state index is 12.5. The first kappa shape index (κ1) is 13.4. The molecule has 1 saturated carbocycles. The fourth-order valence-corrected chi connectivity index (χ4v) is 4.73. The van der Waals surface area contributed by atoms with Crippen molar-refractivity contribution in [2.45, 2.75) is 37.6 Å². The Labute approximate surface area is 127 Å². The van der Waals surface area contributed by atoms with Gasteiger partial charge in [-0.3, -0.25) is 4.68 Å². The molecule has 2 aliphatic rings. The predicted molar refractivity (Wildman–Crippen MR) is 79.3 cm³/mol. The van der Waals surface area contributed by atoms with Crippen molar-refractivity contribution in [2.75, 3.05) is 6.54 Å². The van der Waals surface area contributed by atoms with Gasteiger partial charge in [0, 0.05) is 17.8 Å². The number of hydrogen-bond acceptors (Lipinski definition) is 5. The summed E-state index contributed by atoms with van der Waals surface area (Å²) in [6.07, 6.45) is 2.42. The quantitative estimate of drug-likeness (QED) is 0.856. The molecule has 0 atom stereocenters. The molecule has 1 aliphatic carbocycles. The maximum atomic E-state index is 12.5. The van der Waals surface area contributed by atoms with Gasteiger partial charge in [-0.25, -0.2) is 13.4 Å². The minimum absolute atomic E-state index is 0.0138. The summed E-state index contributed by atoms with van der Waals surface area (Å²) in [6.45, 7) is 1.55. The van der Waals surface area contributed by atoms with E-state index in [-0.39, 0.29) is 5.75 Å². The molecule has 0 saturated heterocycles. The van der Waals surface area contributed by atoms with Crippen LogP contribution in [0.4, 0.5) is 0 Å². The van der Waals surface area contributed by atoms with Gasteiger partial charge in [-0.15, -0.1) is 11.3 Å². The van der Waals surface area contributed by atoms with Crippen LogP contribution in [0.5, 0.6) is 0 Å². The van der Waals surface area contributed by atoms with Crippen LogP contribution < -0.4 is 0 Å². The van der Waals surface area contributed by atoms with Gasteiger partial charge in [0.2, 0.25) is 10.0 Å². The van der Waals surface area contributed by atoms with Crippen LogP contribution in [0.3, 0.4) is 0 Å². The van der Waals surface area contributed by atoms with Gasteiger partial charge in [0.15, 0.2) is 0 Å². The molecule has 0 radical (unpaired) electrons. The fraction of sp³-hybridized carbons (Fsp3) is 0.538. The standard InChI is InChI=1S/C13H16N4O2S2/c18-21(19,8-11-7-20-9-14-11)16-3-4-17-12(6-16)5-13(15-17)10-1-2-10/h5,7,9-10H,1-4,6,8H2. The lowest BCUT2D eigenvalue weighted by molar-refractivity contribution is 0.325. The van der Waals surface area contributed by atoms with E-state index >= 15 is 0 Å². The van der Waals surface area contributed by atoms with E-state index < -0.39 is 10.0 Å². The average Bonchev–Trinajstić information content (AvgIpc) is 3.02. The molecule has 1 aliphatic heterocycles. The summed E-state index contributed by atoms with van der Waals surface area (Å²) in [5.74, 6) is 0.586. The summed E-state index contributed by atoms with van der Waals surface area (Å²) in [5.41, 5.74) is 4.42. The van der Waals surface area contributed by atoms with Crippen LogP contribution in [0, 0.1) is 0 Å². The molecule has 3 heterocycles. The molecule has 0 bridgehead atoms. The van der Waals surface area contributed by atoms with Gasteiger partial charge >= 0.3 is 0 Å². The summed E-state index contributed by atoms with van der Waals surface area (Å²) in [7, 11) is -3.31. The van der Waals surface area contributed by atoms with Crippen molar-refractivity contribution in [3.63, 3.8) is 0 Å². The first-order valence-electron chi connectivity index (χ1n) is 7.03. The monoisotopic (exact) mass is 324 g/mol. The summed E-state index contributed by atoms with van der Waals surface area (Å²) in [4.78, 5) is 4.07. The van der Waals surface area contributed by atoms with E-state index in [2.05, 4.69) is 16.1 Å². The molecule has 0 aromatic carbocycles. The number of aromatic nitrogens is 3. The minimum atomic E-state index is -3.31. The van der Waals surface area contributed by atoms with Gasteiger partial charge in [-0.1, -0.05) is 0 Å². The van der Waals surface area contributed by atoms with Crippen LogP contribution in [0.25, 0.3) is 0 Å². The van der Waals surface area contributed by atoms with Crippen molar-refractivity contribution < 1.29 is 8.42 Å². The number of hydrogen-bond donors (Lipinski definition) is 0. The average molecular weight is 324 g/mol. The fourth-order valence-electron chi connectivity index (χ4n) is 2.67. The highest BCUT2D eigenvalue weighted by Gasteiger charge is 2.31. The molecule has 8 heteroatoms. The molecular formula is C13H16N4O2S2. The molecule has 0 spiro atoms. The Hall–Kier alpha value is -1.25. The Kier molecular flexibility index (Phi) is 3.13. The molecule has 0 unspecified atom stereocenters. The second kappa shape index (κ2) is 4.89. The first-order chi connectivity index (χ1) is 10.1. The summed E-state index contributed by atoms with van der Waals surface area (Å²) in [5, 5.41) is 6.38. The zero-order valence-corrected chi connectivity index (χ0v) is 13.1. The van der Waals surface area contributed by atoms with E-state index in [1.165, 1.54) is 24.2 Å². The molecule has 0 amide bonds. The lowest BCUT2D eigenvalue weighted by atomic mass is 10.2. The van der Waals surface area contributed by atoms with Gasteiger partial charge < -0.3 is 0 Å². The minimum Gasteiger partial charge on any atom is -0.267 e. The second-order valence-corrected chi connectivity index (χ2v) is 8.32. The molecule has 112 valence electrons. The highest BCUT2D eigenvalue weighted by Crippen LogP contribution is 2.39. The SMILES string of the molecule is O=S(=O)(Cc1cscn1)N1CCn2nc(C3CC3)cc2C1. The first-order valence-corrected chi connectivity index (χ1v) is 9.58. The Balaban J connectivity index is 1.54. The van der Waals surface area contributed by atoms with E-state index in [0.29, 0.717) is 31.2 Å². The molecule has 6 nitrogen and oxygen atoms in total. The second-order valence-electron chi connectivity index (χ2n) is 5.63. The maximum Gasteiger partial charge on any atom is 0.220 e. The molecule has 2 aromatic heterocycles. The van der Waals surface area contributed by atoms with Crippen molar-refractivity contribution in [1.29, 1.82) is 0 Å². The zero-order valence-electron chi connectivity index (χ0n) is 11.5. The van der Waals surface area contributed by atoms with Crippen molar-refractivity contribution in [3.8, 4) is 0 Å². The normalized spacial score (nSPS) is 19.6. The van der Waals surface area contributed by atoms with Crippen LogP contribution >= 0.6 is 11.3 Å². The van der Waals surface area contributed by atoms with Crippen LogP contribution in [-0.2, 0) is 28.9 Å². The van der Waals surface area contributed by atoms with Crippen LogP contribution in [0.1, 0.15) is 35.8 Å². The lowest BCUT2D eigenvalue weighted by Gasteiger charge is -2.26. The Morgan fingerprint density at radius 1 is 1.33 bits per heavy atom. The largest absolute Gasteiger partial charge is 0.267 e. The van der Waals surface area contributed by atoms with Crippen molar-refractivity contribution in [2.24, 2.45) is 0 Å². The molecule has 2 aromatic rings. The van der Waals surface area contributed by atoms with Gasteiger partial charge in [0.05, 0.1) is 35.7 Å². The molecule has 1 fully saturated rings. The van der Waals surface area contributed by atoms with Gasteiger partial charge in [0.25, 0.3) is 0 Å². The number of fused-ring (bicyclic) bond motifs is 1. The van der Waals surface area contributed by atoms with Crippen molar-refractivity contribution in [1.82, 2.24) is 19.1 Å². The highest BCUT2D eigenvalue weighted by atomic mass is 32.2. The van der Waals surface area contributed by atoms with E-state index in [0.717, 1.165) is 11.4 Å². The Morgan fingerprint density at radius 2 is 2.19 bits per heavy atom. The van der Waals surface area contributed by atoms with Gasteiger partial charge in [-0.2, -0.15) is 9.40 Å². The molecular weight excluding hydrogens is 308 g/mol. The third-order valence-electron chi connectivity index (χ3n) is 3.98. The molecule has 4 rings (SSSR count). The lowest BCUT2D eigenvalue weighted by Crippen LogP contribution is -2.39.